The van der Waals surface area contributed by atoms with E-state index in [2.05, 4.69) is 15.5 Å². The second-order valence-corrected chi connectivity index (χ2v) is 12.3. The quantitative estimate of drug-likeness (QED) is 0.218. The Morgan fingerprint density at radius 2 is 1.76 bits per heavy atom. The Kier molecular flexibility index (Phi) is 10.3. The fourth-order valence-corrected chi connectivity index (χ4v) is 5.74. The van der Waals surface area contributed by atoms with Crippen molar-refractivity contribution in [2.75, 3.05) is 20.6 Å². The van der Waals surface area contributed by atoms with E-state index in [4.69, 9.17) is 0 Å². The summed E-state index contributed by atoms with van der Waals surface area (Å²) in [5, 5.41) is 20.9. The summed E-state index contributed by atoms with van der Waals surface area (Å²) in [6.45, 7) is 7.85. The standard InChI is InChI=1S/C33H39F3N6O4/c1-19(2)12-27(42-17-22(10-11-40(5)6)25(14-28(42)43)33(34,35)36)32(46)38-26(15-29(44)45)24-13-23(16-41-18-37-39-31(24)41)30-20(3)8-7-9-21(30)4/h7-9,13-14,16-19,26-27H,10-12,15H2,1-6H3,(H,38,46)(H,44,45)/t26-,27-/m1/s1. The predicted octanol–water partition coefficient (Wildman–Crippen LogP) is 5.22. The van der Waals surface area contributed by atoms with Gasteiger partial charge in [0.25, 0.3) is 5.56 Å². The van der Waals surface area contributed by atoms with Crippen LogP contribution in [0.2, 0.25) is 0 Å². The highest BCUT2D eigenvalue weighted by molar-refractivity contribution is 5.82. The van der Waals surface area contributed by atoms with Gasteiger partial charge in [0.2, 0.25) is 5.91 Å². The number of likely N-dealkylation sites (N-methyl/N-ethyl adjacent to an activating group) is 1. The van der Waals surface area contributed by atoms with Gasteiger partial charge in [-0.3, -0.25) is 18.8 Å². The van der Waals surface area contributed by atoms with Crippen molar-refractivity contribution in [2.24, 2.45) is 5.92 Å². The highest BCUT2D eigenvalue weighted by Gasteiger charge is 2.36. The van der Waals surface area contributed by atoms with Crippen LogP contribution in [0.4, 0.5) is 13.2 Å². The molecule has 2 N–H and O–H groups in total. The van der Waals surface area contributed by atoms with E-state index in [-0.39, 0.29) is 30.9 Å². The zero-order valence-electron chi connectivity index (χ0n) is 26.7. The number of amides is 1. The fraction of sp³-hybridized carbons (Fsp3) is 0.424. The molecule has 1 aromatic carbocycles. The van der Waals surface area contributed by atoms with E-state index in [1.165, 1.54) is 6.33 Å². The third kappa shape index (κ3) is 7.82. The summed E-state index contributed by atoms with van der Waals surface area (Å²) in [7, 11) is 3.45. The van der Waals surface area contributed by atoms with Crippen LogP contribution in [0.1, 0.15) is 66.6 Å². The Labute approximate surface area is 264 Å². The van der Waals surface area contributed by atoms with Crippen LogP contribution < -0.4 is 10.9 Å². The van der Waals surface area contributed by atoms with E-state index >= 15 is 0 Å². The lowest BCUT2D eigenvalue weighted by molar-refractivity contribution is -0.139. The van der Waals surface area contributed by atoms with Crippen LogP contribution >= 0.6 is 0 Å². The largest absolute Gasteiger partial charge is 0.481 e. The Hall–Kier alpha value is -4.52. The van der Waals surface area contributed by atoms with Gasteiger partial charge in [0.1, 0.15) is 12.4 Å². The number of aliphatic carboxylic acids is 1. The normalized spacial score (nSPS) is 13.4. The first kappa shape index (κ1) is 34.4. The number of hydrogen-bond acceptors (Lipinski definition) is 6. The molecule has 0 aliphatic heterocycles. The Morgan fingerprint density at radius 1 is 1.09 bits per heavy atom. The number of alkyl halides is 3. The molecule has 2 atom stereocenters. The van der Waals surface area contributed by atoms with Crippen LogP contribution in [-0.4, -0.2) is 61.7 Å². The summed E-state index contributed by atoms with van der Waals surface area (Å²) in [5.41, 5.74) is 2.25. The zero-order valence-corrected chi connectivity index (χ0v) is 26.7. The van der Waals surface area contributed by atoms with Crippen LogP contribution in [0.3, 0.4) is 0 Å². The lowest BCUT2D eigenvalue weighted by Gasteiger charge is -2.26. The monoisotopic (exact) mass is 640 g/mol. The van der Waals surface area contributed by atoms with Gasteiger partial charge in [0, 0.05) is 30.6 Å². The number of benzene rings is 1. The van der Waals surface area contributed by atoms with Crippen LogP contribution in [-0.2, 0) is 22.2 Å². The summed E-state index contributed by atoms with van der Waals surface area (Å²) in [5.74, 6) is -2.03. The molecule has 4 rings (SSSR count). The van der Waals surface area contributed by atoms with E-state index in [1.807, 2.05) is 52.1 Å². The van der Waals surface area contributed by atoms with Gasteiger partial charge in [-0.2, -0.15) is 13.2 Å². The van der Waals surface area contributed by atoms with Crippen molar-refractivity contribution >= 4 is 17.5 Å². The number of carbonyl (C=O) groups excluding carboxylic acids is 1. The Morgan fingerprint density at radius 3 is 2.35 bits per heavy atom. The minimum Gasteiger partial charge on any atom is -0.481 e. The van der Waals surface area contributed by atoms with Crippen LogP contribution in [0.25, 0.3) is 16.8 Å². The highest BCUT2D eigenvalue weighted by Crippen LogP contribution is 2.34. The lowest BCUT2D eigenvalue weighted by Crippen LogP contribution is -2.40. The van der Waals surface area contributed by atoms with Crippen molar-refractivity contribution in [2.45, 2.75) is 65.2 Å². The number of nitrogens with one attached hydrogen (secondary N) is 1. The first-order chi connectivity index (χ1) is 21.6. The van der Waals surface area contributed by atoms with Crippen molar-refractivity contribution in [3.63, 3.8) is 0 Å². The Balaban J connectivity index is 1.82. The van der Waals surface area contributed by atoms with Crippen molar-refractivity contribution in [1.82, 2.24) is 29.4 Å². The lowest BCUT2D eigenvalue weighted by atomic mass is 9.94. The summed E-state index contributed by atoms with van der Waals surface area (Å²) in [6, 6.07) is 5.85. The number of hydrogen-bond donors (Lipinski definition) is 2. The first-order valence-corrected chi connectivity index (χ1v) is 15.0. The molecular formula is C33H39F3N6O4. The number of rotatable bonds is 12. The van der Waals surface area contributed by atoms with Gasteiger partial charge in [-0.15, -0.1) is 10.2 Å². The summed E-state index contributed by atoms with van der Waals surface area (Å²) >= 11 is 0. The minimum absolute atomic E-state index is 0.00421. The van der Waals surface area contributed by atoms with E-state index in [0.717, 1.165) is 33.0 Å². The number of aromatic nitrogens is 4. The van der Waals surface area contributed by atoms with Crippen molar-refractivity contribution in [3.05, 3.63) is 87.2 Å². The molecule has 1 amide bonds. The van der Waals surface area contributed by atoms with Crippen LogP contribution in [0, 0.1) is 19.8 Å². The third-order valence-electron chi connectivity index (χ3n) is 7.89. The maximum absolute atomic E-state index is 14.1. The number of fused-ring (bicyclic) bond motifs is 1. The molecule has 0 aliphatic carbocycles. The van der Waals surface area contributed by atoms with Crippen molar-refractivity contribution in [1.29, 1.82) is 0 Å². The van der Waals surface area contributed by atoms with Gasteiger partial charge in [0.15, 0.2) is 5.65 Å². The van der Waals surface area contributed by atoms with Crippen molar-refractivity contribution < 1.29 is 27.9 Å². The zero-order chi connectivity index (χ0) is 33.9. The molecule has 4 aromatic rings. The van der Waals surface area contributed by atoms with E-state index < -0.39 is 47.7 Å². The predicted molar refractivity (Wildman–Crippen MR) is 167 cm³/mol. The molecule has 0 bridgehead atoms. The van der Waals surface area contributed by atoms with E-state index in [0.29, 0.717) is 17.3 Å². The summed E-state index contributed by atoms with van der Waals surface area (Å²) in [6.07, 6.45) is -0.740. The molecule has 0 saturated carbocycles. The number of nitrogens with zero attached hydrogens (tertiary/aromatic N) is 5. The summed E-state index contributed by atoms with van der Waals surface area (Å²) < 4.78 is 44.5. The molecular weight excluding hydrogens is 601 g/mol. The van der Waals surface area contributed by atoms with Gasteiger partial charge in [-0.25, -0.2) is 0 Å². The Bertz CT molecular complexity index is 1770. The molecule has 3 aromatic heterocycles. The molecule has 0 unspecified atom stereocenters. The number of carbonyl (C=O) groups is 2. The molecule has 0 spiro atoms. The smallest absolute Gasteiger partial charge is 0.416 e. The van der Waals surface area contributed by atoms with Crippen molar-refractivity contribution in [3.8, 4) is 11.1 Å². The maximum atomic E-state index is 14.1. The molecule has 246 valence electrons. The molecule has 46 heavy (non-hydrogen) atoms. The maximum Gasteiger partial charge on any atom is 0.416 e. The molecule has 0 fully saturated rings. The van der Waals surface area contributed by atoms with Gasteiger partial charge in [-0.05, 0) is 80.6 Å². The molecule has 0 aliphatic rings. The minimum atomic E-state index is -4.76. The number of pyridine rings is 2. The van der Waals surface area contributed by atoms with Gasteiger partial charge < -0.3 is 19.9 Å². The SMILES string of the molecule is Cc1cccc(C)c1-c1cc([C@@H](CC(=O)O)NC(=O)[C@@H](CC(C)C)n2cc(CCN(C)C)c(C(F)(F)F)cc2=O)c2nncn2c1. The molecule has 3 heterocycles. The van der Waals surface area contributed by atoms with Crippen LogP contribution in [0.5, 0.6) is 0 Å². The second kappa shape index (κ2) is 13.9. The highest BCUT2D eigenvalue weighted by atomic mass is 19.4. The van der Waals surface area contributed by atoms with E-state index in [1.54, 1.807) is 29.5 Å². The fourth-order valence-electron chi connectivity index (χ4n) is 5.74. The number of aryl methyl sites for hydroxylation is 2. The average Bonchev–Trinajstić information content (AvgIpc) is 3.42. The number of halogens is 3. The number of carboxylic acids is 1. The average molecular weight is 641 g/mol. The van der Waals surface area contributed by atoms with Gasteiger partial charge in [0.05, 0.1) is 18.0 Å². The third-order valence-corrected chi connectivity index (χ3v) is 7.89. The first-order valence-electron chi connectivity index (χ1n) is 15.0. The van der Waals surface area contributed by atoms with Gasteiger partial charge in [-0.1, -0.05) is 32.0 Å². The van der Waals surface area contributed by atoms with E-state index in [9.17, 15) is 32.7 Å². The van der Waals surface area contributed by atoms with Crippen LogP contribution in [0.15, 0.2) is 53.8 Å². The topological polar surface area (TPSA) is 122 Å². The molecule has 0 saturated heterocycles. The summed E-state index contributed by atoms with van der Waals surface area (Å²) in [4.78, 5) is 41.1. The molecule has 10 nitrogen and oxygen atoms in total. The molecule has 13 heteroatoms. The van der Waals surface area contributed by atoms with Gasteiger partial charge >= 0.3 is 12.1 Å². The second-order valence-electron chi connectivity index (χ2n) is 12.3. The molecule has 0 radical (unpaired) electrons. The number of carboxylic acid groups (broad SMARTS) is 1.